The highest BCUT2D eigenvalue weighted by Crippen LogP contribution is 2.36. The minimum Gasteiger partial charge on any atom is -0.488 e. The molecule has 0 aliphatic rings. The molecule has 37 heavy (non-hydrogen) atoms. The molecule has 0 amide bonds. The Hall–Kier alpha value is -2.94. The Bertz CT molecular complexity index is 1350. The van der Waals surface area contributed by atoms with Gasteiger partial charge in [-0.05, 0) is 48.2 Å². The van der Waals surface area contributed by atoms with Crippen molar-refractivity contribution in [2.24, 2.45) is 5.92 Å². The van der Waals surface area contributed by atoms with Crippen LogP contribution < -0.4 is 4.74 Å². The van der Waals surface area contributed by atoms with Crippen molar-refractivity contribution in [2.75, 3.05) is 19.8 Å². The molecular weight excluding hydrogens is 492 g/mol. The Morgan fingerprint density at radius 2 is 1.73 bits per heavy atom. The average molecular weight is 529 g/mol. The van der Waals surface area contributed by atoms with Crippen LogP contribution in [0.2, 0.25) is 0 Å². The number of rotatable bonds is 14. The summed E-state index contributed by atoms with van der Waals surface area (Å²) in [5.74, 6) is 0.492. The Kier molecular flexibility index (Phi) is 10.1. The van der Waals surface area contributed by atoms with E-state index in [4.69, 9.17) is 14.2 Å². The molecule has 0 fully saturated rings. The van der Waals surface area contributed by atoms with E-state index in [2.05, 4.69) is 20.4 Å². The maximum absolute atomic E-state index is 12.3. The lowest BCUT2D eigenvalue weighted by Crippen LogP contribution is -2.30. The second-order valence-corrected chi connectivity index (χ2v) is 10.8. The molecule has 0 saturated carbocycles. The van der Waals surface area contributed by atoms with Crippen LogP contribution in [0.5, 0.6) is 5.75 Å². The molecule has 3 rings (SSSR count). The number of hydrogen-bond donors (Lipinski definition) is 1. The van der Waals surface area contributed by atoms with E-state index in [1.807, 2.05) is 30.3 Å². The lowest BCUT2D eigenvalue weighted by molar-refractivity contribution is -0.149. The molecule has 7 nitrogen and oxygen atoms in total. The third-order valence-corrected chi connectivity index (χ3v) is 7.22. The van der Waals surface area contributed by atoms with E-state index in [0.717, 1.165) is 41.8 Å². The van der Waals surface area contributed by atoms with Gasteiger partial charge >= 0.3 is 5.97 Å². The van der Waals surface area contributed by atoms with Crippen LogP contribution in [0.3, 0.4) is 0 Å². The molecule has 0 bridgehead atoms. The highest BCUT2D eigenvalue weighted by Gasteiger charge is 2.20. The van der Waals surface area contributed by atoms with Crippen molar-refractivity contribution in [1.29, 1.82) is 0 Å². The van der Waals surface area contributed by atoms with Crippen LogP contribution in [-0.2, 0) is 24.4 Å². The number of benzene rings is 3. The topological polar surface area (TPSA) is 99.1 Å². The minimum atomic E-state index is -4.40. The Labute approximate surface area is 219 Å². The van der Waals surface area contributed by atoms with Crippen molar-refractivity contribution >= 4 is 37.6 Å². The first-order valence-corrected chi connectivity index (χ1v) is 14.1. The molecule has 200 valence electrons. The zero-order valence-electron chi connectivity index (χ0n) is 21.7. The molecule has 2 unspecified atom stereocenters. The first kappa shape index (κ1) is 28.6. The van der Waals surface area contributed by atoms with Gasteiger partial charge in [-0.25, -0.2) is 4.79 Å². The van der Waals surface area contributed by atoms with Gasteiger partial charge in [0.15, 0.2) is 6.10 Å². The van der Waals surface area contributed by atoms with Crippen LogP contribution in [0.4, 0.5) is 0 Å². The largest absolute Gasteiger partial charge is 0.488 e. The lowest BCUT2D eigenvalue weighted by Gasteiger charge is -2.21. The van der Waals surface area contributed by atoms with Gasteiger partial charge in [0.25, 0.3) is 10.1 Å². The van der Waals surface area contributed by atoms with Gasteiger partial charge < -0.3 is 14.2 Å². The van der Waals surface area contributed by atoms with Gasteiger partial charge in [-0.15, -0.1) is 0 Å². The van der Waals surface area contributed by atoms with Gasteiger partial charge in [-0.3, -0.25) is 4.55 Å². The summed E-state index contributed by atoms with van der Waals surface area (Å²) < 4.78 is 50.9. The summed E-state index contributed by atoms with van der Waals surface area (Å²) in [7, 11) is -4.40. The van der Waals surface area contributed by atoms with E-state index in [9.17, 15) is 17.8 Å². The summed E-state index contributed by atoms with van der Waals surface area (Å²) >= 11 is 0. The molecule has 3 aromatic rings. The van der Waals surface area contributed by atoms with E-state index in [1.54, 1.807) is 13.0 Å². The summed E-state index contributed by atoms with van der Waals surface area (Å²) in [6, 6.07) is 13.8. The molecule has 0 aliphatic carbocycles. The SMILES string of the molecule is C=C(C)C(=O)OC(COCCC(CC)CCC)COc1c2ccccc2cc2ccc(S(=O)(=O)O)cc12. The van der Waals surface area contributed by atoms with Gasteiger partial charge in [-0.1, -0.05) is 70.0 Å². The van der Waals surface area contributed by atoms with Crippen molar-refractivity contribution in [3.05, 3.63) is 60.7 Å². The van der Waals surface area contributed by atoms with E-state index in [1.165, 1.54) is 12.1 Å². The standard InChI is InChI=1S/C29H36O7S/c1-5-9-21(6-2)14-15-34-18-24(36-29(30)20(3)4)19-35-28-26-11-8-7-10-22(26)16-23-12-13-25(17-27(23)28)37(31,32)33/h7-8,10-13,16-17,21,24H,3,5-6,9,14-15,18-19H2,1-2,4H3,(H,31,32,33). The fourth-order valence-corrected chi connectivity index (χ4v) is 4.79. The highest BCUT2D eigenvalue weighted by atomic mass is 32.2. The highest BCUT2D eigenvalue weighted by molar-refractivity contribution is 7.85. The van der Waals surface area contributed by atoms with E-state index in [0.29, 0.717) is 23.7 Å². The van der Waals surface area contributed by atoms with Crippen LogP contribution in [0, 0.1) is 5.92 Å². The van der Waals surface area contributed by atoms with Crippen LogP contribution in [-0.4, -0.2) is 44.9 Å². The number of esters is 1. The van der Waals surface area contributed by atoms with Crippen molar-refractivity contribution in [3.8, 4) is 5.75 Å². The first-order chi connectivity index (χ1) is 17.6. The Morgan fingerprint density at radius 3 is 2.41 bits per heavy atom. The van der Waals surface area contributed by atoms with E-state index >= 15 is 0 Å². The van der Waals surface area contributed by atoms with Crippen LogP contribution >= 0.6 is 0 Å². The third-order valence-electron chi connectivity index (χ3n) is 6.37. The van der Waals surface area contributed by atoms with Crippen molar-refractivity contribution < 1.29 is 32.0 Å². The second kappa shape index (κ2) is 13.0. The zero-order chi connectivity index (χ0) is 27.0. The summed E-state index contributed by atoms with van der Waals surface area (Å²) in [4.78, 5) is 12.1. The summed E-state index contributed by atoms with van der Waals surface area (Å²) in [6.07, 6.45) is 3.60. The minimum absolute atomic E-state index is 0.00953. The number of ether oxygens (including phenoxy) is 3. The first-order valence-electron chi connectivity index (χ1n) is 12.6. The van der Waals surface area contributed by atoms with Gasteiger partial charge in [0.2, 0.25) is 0 Å². The number of carbonyl (C=O) groups is 1. The van der Waals surface area contributed by atoms with Crippen LogP contribution in [0.1, 0.15) is 46.5 Å². The molecule has 1 N–H and O–H groups in total. The second-order valence-electron chi connectivity index (χ2n) is 9.33. The molecular formula is C29H36O7S. The number of hydrogen-bond acceptors (Lipinski definition) is 6. The lowest BCUT2D eigenvalue weighted by atomic mass is 9.98. The monoisotopic (exact) mass is 528 g/mol. The van der Waals surface area contributed by atoms with Crippen LogP contribution in [0.25, 0.3) is 21.5 Å². The summed E-state index contributed by atoms with van der Waals surface area (Å²) in [5, 5.41) is 2.93. The van der Waals surface area contributed by atoms with Crippen LogP contribution in [0.15, 0.2) is 65.6 Å². The van der Waals surface area contributed by atoms with E-state index in [-0.39, 0.29) is 23.7 Å². The molecule has 0 heterocycles. The zero-order valence-corrected chi connectivity index (χ0v) is 22.6. The van der Waals surface area contributed by atoms with Gasteiger partial charge in [0.05, 0.1) is 11.5 Å². The Morgan fingerprint density at radius 1 is 1.00 bits per heavy atom. The van der Waals surface area contributed by atoms with Gasteiger partial charge in [-0.2, -0.15) is 8.42 Å². The molecule has 0 aliphatic heterocycles. The quantitative estimate of drug-likeness (QED) is 0.0857. The summed E-state index contributed by atoms with van der Waals surface area (Å²) in [6.45, 7) is 10.3. The molecule has 3 aromatic carbocycles. The molecule has 0 aromatic heterocycles. The van der Waals surface area contributed by atoms with Crippen molar-refractivity contribution in [3.63, 3.8) is 0 Å². The molecule has 8 heteroatoms. The molecule has 0 saturated heterocycles. The fourth-order valence-electron chi connectivity index (χ4n) is 4.29. The number of fused-ring (bicyclic) bond motifs is 2. The van der Waals surface area contributed by atoms with Crippen molar-refractivity contribution in [1.82, 2.24) is 0 Å². The smallest absolute Gasteiger partial charge is 0.333 e. The van der Waals surface area contributed by atoms with Gasteiger partial charge in [0.1, 0.15) is 12.4 Å². The van der Waals surface area contributed by atoms with Gasteiger partial charge in [0, 0.05) is 23.0 Å². The maximum Gasteiger partial charge on any atom is 0.333 e. The normalized spacial score (nSPS) is 13.4. The predicted octanol–water partition coefficient (Wildman–Crippen LogP) is 6.34. The maximum atomic E-state index is 12.3. The number of carbonyl (C=O) groups excluding carboxylic acids is 1. The third kappa shape index (κ3) is 7.77. The average Bonchev–Trinajstić information content (AvgIpc) is 2.86. The van der Waals surface area contributed by atoms with Crippen molar-refractivity contribution in [2.45, 2.75) is 57.5 Å². The predicted molar refractivity (Wildman–Crippen MR) is 146 cm³/mol. The Balaban J connectivity index is 1.87. The fraction of sp³-hybridized carbons (Fsp3) is 0.414. The van der Waals surface area contributed by atoms with E-state index < -0.39 is 22.2 Å². The molecule has 0 spiro atoms. The molecule has 0 radical (unpaired) electrons. The summed E-state index contributed by atoms with van der Waals surface area (Å²) in [5.41, 5.74) is 0.271. The molecule has 2 atom stereocenters.